The standard InChI is InChI=1S/C11H6Cl2N4O/c12-7-2-1-6(4-14)8(3-7)17-10-9(13)11(18)16-5-15-10/h1-3,5H,(H2,15,16,17,18). The van der Waals surface area contributed by atoms with E-state index in [-0.39, 0.29) is 10.8 Å². The molecule has 0 amide bonds. The predicted octanol–water partition coefficient (Wildman–Crippen LogP) is 2.69. The van der Waals surface area contributed by atoms with Crippen molar-refractivity contribution in [2.75, 3.05) is 5.32 Å². The van der Waals surface area contributed by atoms with E-state index in [1.54, 1.807) is 18.2 Å². The van der Waals surface area contributed by atoms with E-state index in [4.69, 9.17) is 28.5 Å². The summed E-state index contributed by atoms with van der Waals surface area (Å²) in [5.41, 5.74) is 0.345. The Morgan fingerprint density at radius 3 is 2.89 bits per heavy atom. The number of nitrogens with zero attached hydrogens (tertiary/aromatic N) is 2. The molecule has 0 bridgehead atoms. The maximum absolute atomic E-state index is 11.3. The van der Waals surface area contributed by atoms with Crippen LogP contribution in [0.4, 0.5) is 11.5 Å². The van der Waals surface area contributed by atoms with Gasteiger partial charge in [-0.05, 0) is 18.2 Å². The number of H-pyrrole nitrogens is 1. The Bertz CT molecular complexity index is 690. The molecular formula is C11H6Cl2N4O. The Balaban J connectivity index is 2.46. The molecule has 0 saturated carbocycles. The maximum Gasteiger partial charge on any atom is 0.271 e. The fourth-order valence-electron chi connectivity index (χ4n) is 1.32. The molecule has 0 aliphatic carbocycles. The van der Waals surface area contributed by atoms with Gasteiger partial charge in [-0.15, -0.1) is 0 Å². The first kappa shape index (κ1) is 12.4. The first-order chi connectivity index (χ1) is 8.61. The van der Waals surface area contributed by atoms with Crippen molar-refractivity contribution in [2.24, 2.45) is 0 Å². The van der Waals surface area contributed by atoms with E-state index in [0.717, 1.165) is 0 Å². The van der Waals surface area contributed by atoms with E-state index in [0.29, 0.717) is 16.3 Å². The third-order valence-electron chi connectivity index (χ3n) is 2.15. The van der Waals surface area contributed by atoms with Crippen molar-refractivity contribution in [3.63, 3.8) is 0 Å². The molecule has 5 nitrogen and oxygen atoms in total. The van der Waals surface area contributed by atoms with Gasteiger partial charge < -0.3 is 10.3 Å². The highest BCUT2D eigenvalue weighted by atomic mass is 35.5. The zero-order chi connectivity index (χ0) is 13.1. The average molecular weight is 281 g/mol. The SMILES string of the molecule is N#Cc1ccc(Cl)cc1Nc1nc[nH]c(=O)c1Cl. The number of hydrogen-bond donors (Lipinski definition) is 2. The molecule has 0 aliphatic rings. The number of anilines is 2. The summed E-state index contributed by atoms with van der Waals surface area (Å²) < 4.78 is 0. The average Bonchev–Trinajstić information content (AvgIpc) is 2.35. The van der Waals surface area contributed by atoms with Crippen LogP contribution in [0.2, 0.25) is 10.0 Å². The van der Waals surface area contributed by atoms with E-state index in [1.165, 1.54) is 6.33 Å². The lowest BCUT2D eigenvalue weighted by molar-refractivity contribution is 1.12. The summed E-state index contributed by atoms with van der Waals surface area (Å²) in [6.45, 7) is 0. The Morgan fingerprint density at radius 1 is 1.39 bits per heavy atom. The second-order valence-corrected chi connectivity index (χ2v) is 4.14. The van der Waals surface area contributed by atoms with Crippen LogP contribution < -0.4 is 10.9 Å². The first-order valence-electron chi connectivity index (χ1n) is 4.81. The Kier molecular flexibility index (Phi) is 3.51. The van der Waals surface area contributed by atoms with Crippen molar-refractivity contribution in [1.82, 2.24) is 9.97 Å². The summed E-state index contributed by atoms with van der Waals surface area (Å²) >= 11 is 11.6. The number of nitrogens with one attached hydrogen (secondary N) is 2. The molecule has 90 valence electrons. The van der Waals surface area contributed by atoms with Crippen LogP contribution in [0.15, 0.2) is 29.3 Å². The highest BCUT2D eigenvalue weighted by Gasteiger charge is 2.09. The molecular weight excluding hydrogens is 275 g/mol. The number of benzene rings is 1. The van der Waals surface area contributed by atoms with Gasteiger partial charge in [0, 0.05) is 5.02 Å². The van der Waals surface area contributed by atoms with Gasteiger partial charge >= 0.3 is 0 Å². The van der Waals surface area contributed by atoms with Crippen molar-refractivity contribution in [1.29, 1.82) is 5.26 Å². The molecule has 0 aliphatic heterocycles. The monoisotopic (exact) mass is 280 g/mol. The fourth-order valence-corrected chi connectivity index (χ4v) is 1.64. The summed E-state index contributed by atoms with van der Waals surface area (Å²) in [7, 11) is 0. The molecule has 0 fully saturated rings. The summed E-state index contributed by atoms with van der Waals surface area (Å²) in [4.78, 5) is 17.5. The highest BCUT2D eigenvalue weighted by molar-refractivity contribution is 6.33. The smallest absolute Gasteiger partial charge is 0.271 e. The molecule has 0 spiro atoms. The fraction of sp³-hybridized carbons (Fsp3) is 0. The molecule has 0 unspecified atom stereocenters. The quantitative estimate of drug-likeness (QED) is 0.886. The molecule has 2 N–H and O–H groups in total. The van der Waals surface area contributed by atoms with Crippen molar-refractivity contribution >= 4 is 34.7 Å². The molecule has 0 atom stereocenters. The van der Waals surface area contributed by atoms with E-state index in [2.05, 4.69) is 15.3 Å². The number of aromatic amines is 1. The lowest BCUT2D eigenvalue weighted by atomic mass is 10.2. The lowest BCUT2D eigenvalue weighted by Crippen LogP contribution is -2.10. The predicted molar refractivity (Wildman–Crippen MR) is 69.3 cm³/mol. The molecule has 0 saturated heterocycles. The number of hydrogen-bond acceptors (Lipinski definition) is 4. The molecule has 1 aromatic heterocycles. The van der Waals surface area contributed by atoms with Crippen LogP contribution in [0.3, 0.4) is 0 Å². The van der Waals surface area contributed by atoms with Gasteiger partial charge in [-0.3, -0.25) is 4.79 Å². The second-order valence-electron chi connectivity index (χ2n) is 3.32. The third kappa shape index (κ3) is 2.45. The van der Waals surface area contributed by atoms with Gasteiger partial charge in [-0.25, -0.2) is 4.98 Å². The van der Waals surface area contributed by atoms with Gasteiger partial charge in [-0.2, -0.15) is 5.26 Å². The zero-order valence-electron chi connectivity index (χ0n) is 8.87. The van der Waals surface area contributed by atoms with Gasteiger partial charge in [0.15, 0.2) is 5.82 Å². The zero-order valence-corrected chi connectivity index (χ0v) is 10.4. The largest absolute Gasteiger partial charge is 0.338 e. The molecule has 0 radical (unpaired) electrons. The molecule has 2 rings (SSSR count). The van der Waals surface area contributed by atoms with E-state index >= 15 is 0 Å². The van der Waals surface area contributed by atoms with Crippen LogP contribution in [-0.2, 0) is 0 Å². The van der Waals surface area contributed by atoms with Gasteiger partial charge in [0.05, 0.1) is 17.6 Å². The number of nitriles is 1. The van der Waals surface area contributed by atoms with Crippen LogP contribution in [-0.4, -0.2) is 9.97 Å². The Labute approximate surface area is 112 Å². The molecule has 18 heavy (non-hydrogen) atoms. The van der Waals surface area contributed by atoms with Crippen LogP contribution in [0.25, 0.3) is 0 Å². The first-order valence-corrected chi connectivity index (χ1v) is 5.57. The maximum atomic E-state index is 11.3. The minimum Gasteiger partial charge on any atom is -0.338 e. The van der Waals surface area contributed by atoms with Crippen LogP contribution in [0.5, 0.6) is 0 Å². The summed E-state index contributed by atoms with van der Waals surface area (Å²) in [5, 5.41) is 12.1. The molecule has 1 heterocycles. The topological polar surface area (TPSA) is 81.6 Å². The van der Waals surface area contributed by atoms with Crippen molar-refractivity contribution in [3.05, 3.63) is 50.5 Å². The van der Waals surface area contributed by atoms with Gasteiger partial charge in [0.2, 0.25) is 0 Å². The summed E-state index contributed by atoms with van der Waals surface area (Å²) in [6, 6.07) is 6.71. The molecule has 1 aromatic carbocycles. The van der Waals surface area contributed by atoms with Crippen molar-refractivity contribution in [2.45, 2.75) is 0 Å². The third-order valence-corrected chi connectivity index (χ3v) is 2.74. The second kappa shape index (κ2) is 5.08. The van der Waals surface area contributed by atoms with Gasteiger partial charge in [0.1, 0.15) is 11.1 Å². The lowest BCUT2D eigenvalue weighted by Gasteiger charge is -2.08. The Morgan fingerprint density at radius 2 is 2.17 bits per heavy atom. The minimum absolute atomic E-state index is 0.0821. The van der Waals surface area contributed by atoms with Gasteiger partial charge in [-0.1, -0.05) is 23.2 Å². The number of halogens is 2. The van der Waals surface area contributed by atoms with Crippen molar-refractivity contribution < 1.29 is 0 Å². The van der Waals surface area contributed by atoms with E-state index in [9.17, 15) is 4.79 Å². The number of rotatable bonds is 2. The molecule has 7 heteroatoms. The normalized spacial score (nSPS) is 9.83. The van der Waals surface area contributed by atoms with Gasteiger partial charge in [0.25, 0.3) is 5.56 Å². The molecule has 2 aromatic rings. The highest BCUT2D eigenvalue weighted by Crippen LogP contribution is 2.25. The minimum atomic E-state index is -0.463. The van der Waals surface area contributed by atoms with Crippen LogP contribution in [0, 0.1) is 11.3 Å². The Hall–Kier alpha value is -2.03. The van der Waals surface area contributed by atoms with E-state index < -0.39 is 5.56 Å². The number of aromatic nitrogens is 2. The van der Waals surface area contributed by atoms with Crippen molar-refractivity contribution in [3.8, 4) is 6.07 Å². The van der Waals surface area contributed by atoms with Crippen LogP contribution >= 0.6 is 23.2 Å². The van der Waals surface area contributed by atoms with Crippen LogP contribution in [0.1, 0.15) is 5.56 Å². The summed E-state index contributed by atoms with van der Waals surface area (Å²) in [5.74, 6) is 0.166. The summed E-state index contributed by atoms with van der Waals surface area (Å²) in [6.07, 6.45) is 1.22. The van der Waals surface area contributed by atoms with E-state index in [1.807, 2.05) is 6.07 Å².